The molecule has 0 aromatic rings. The molecule has 0 heterocycles. The summed E-state index contributed by atoms with van der Waals surface area (Å²) in [6.45, 7) is 6.00. The van der Waals surface area contributed by atoms with Crippen LogP contribution in [-0.2, 0) is 9.84 Å². The molecule has 4 heteroatoms. The number of sulfone groups is 1. The van der Waals surface area contributed by atoms with Crippen molar-refractivity contribution in [3.63, 3.8) is 0 Å². The van der Waals surface area contributed by atoms with Crippen LogP contribution in [0.25, 0.3) is 0 Å². The Morgan fingerprint density at radius 2 is 1.94 bits per heavy atom. The van der Waals surface area contributed by atoms with E-state index in [1.54, 1.807) is 0 Å². The Balaban J connectivity index is 2.86. The molecule has 0 bridgehead atoms. The Morgan fingerprint density at radius 3 is 2.44 bits per heavy atom. The Bertz CT molecular complexity index is 340. The second kappa shape index (κ2) is 6.90. The standard InChI is InChI=1S/C14H29NO2S/c1-5-7-12-8-9-13(15-4)14(10-12)18(16,17)11(3)6-2/h11-15H,5-10H2,1-4H3. The van der Waals surface area contributed by atoms with Crippen LogP contribution in [0.15, 0.2) is 0 Å². The molecule has 1 N–H and O–H groups in total. The largest absolute Gasteiger partial charge is 0.316 e. The lowest BCUT2D eigenvalue weighted by Gasteiger charge is -2.37. The third kappa shape index (κ3) is 3.47. The predicted octanol–water partition coefficient (Wildman–Crippen LogP) is 2.76. The van der Waals surface area contributed by atoms with Crippen molar-refractivity contribution in [1.29, 1.82) is 0 Å². The molecule has 1 fully saturated rings. The van der Waals surface area contributed by atoms with Crippen LogP contribution in [0.3, 0.4) is 0 Å². The van der Waals surface area contributed by atoms with Crippen LogP contribution in [0.1, 0.15) is 59.3 Å². The molecular weight excluding hydrogens is 246 g/mol. The molecule has 0 saturated heterocycles. The lowest BCUT2D eigenvalue weighted by molar-refractivity contribution is 0.287. The lowest BCUT2D eigenvalue weighted by atomic mass is 9.83. The molecule has 18 heavy (non-hydrogen) atoms. The van der Waals surface area contributed by atoms with Gasteiger partial charge < -0.3 is 5.32 Å². The van der Waals surface area contributed by atoms with E-state index in [1.165, 1.54) is 12.8 Å². The fourth-order valence-electron chi connectivity index (χ4n) is 3.11. The first-order valence-electron chi connectivity index (χ1n) is 7.37. The molecule has 1 aliphatic carbocycles. The van der Waals surface area contributed by atoms with Crippen molar-refractivity contribution >= 4 is 9.84 Å². The first-order chi connectivity index (χ1) is 8.47. The highest BCUT2D eigenvalue weighted by Gasteiger charge is 2.39. The van der Waals surface area contributed by atoms with Crippen LogP contribution in [-0.4, -0.2) is 32.0 Å². The van der Waals surface area contributed by atoms with Gasteiger partial charge in [-0.25, -0.2) is 8.42 Å². The predicted molar refractivity (Wildman–Crippen MR) is 77.6 cm³/mol. The van der Waals surface area contributed by atoms with E-state index in [4.69, 9.17) is 0 Å². The molecular formula is C14H29NO2S. The Kier molecular flexibility index (Phi) is 6.12. The van der Waals surface area contributed by atoms with Gasteiger partial charge in [0.2, 0.25) is 0 Å². The Morgan fingerprint density at radius 1 is 1.28 bits per heavy atom. The molecule has 0 spiro atoms. The van der Waals surface area contributed by atoms with E-state index < -0.39 is 9.84 Å². The summed E-state index contributed by atoms with van der Waals surface area (Å²) in [5, 5.41) is 2.84. The van der Waals surface area contributed by atoms with Crippen molar-refractivity contribution in [2.75, 3.05) is 7.05 Å². The van der Waals surface area contributed by atoms with Gasteiger partial charge in [-0.15, -0.1) is 0 Å². The summed E-state index contributed by atoms with van der Waals surface area (Å²) in [7, 11) is -1.09. The van der Waals surface area contributed by atoms with E-state index in [0.29, 0.717) is 12.3 Å². The minimum Gasteiger partial charge on any atom is -0.316 e. The SMILES string of the molecule is CCCC1CCC(NC)C(S(=O)(=O)C(C)CC)C1. The molecule has 0 radical (unpaired) electrons. The van der Waals surface area contributed by atoms with Gasteiger partial charge in [-0.05, 0) is 45.6 Å². The van der Waals surface area contributed by atoms with Gasteiger partial charge in [0.25, 0.3) is 0 Å². The maximum Gasteiger partial charge on any atom is 0.157 e. The van der Waals surface area contributed by atoms with Crippen LogP contribution in [0.5, 0.6) is 0 Å². The molecule has 4 unspecified atom stereocenters. The first kappa shape index (κ1) is 16.0. The van der Waals surface area contributed by atoms with E-state index >= 15 is 0 Å². The molecule has 3 nitrogen and oxygen atoms in total. The van der Waals surface area contributed by atoms with Gasteiger partial charge in [0.1, 0.15) is 0 Å². The molecule has 4 atom stereocenters. The van der Waals surface area contributed by atoms with Crippen LogP contribution < -0.4 is 5.32 Å². The van der Waals surface area contributed by atoms with Gasteiger partial charge >= 0.3 is 0 Å². The zero-order valence-electron chi connectivity index (χ0n) is 12.3. The Hall–Kier alpha value is -0.0900. The minimum absolute atomic E-state index is 0.150. The number of hydrogen-bond donors (Lipinski definition) is 1. The molecule has 0 aromatic carbocycles. The van der Waals surface area contributed by atoms with Crippen molar-refractivity contribution < 1.29 is 8.42 Å². The van der Waals surface area contributed by atoms with Crippen molar-refractivity contribution in [2.24, 2.45) is 5.92 Å². The second-order valence-electron chi connectivity index (χ2n) is 5.71. The van der Waals surface area contributed by atoms with Crippen LogP contribution in [0, 0.1) is 5.92 Å². The van der Waals surface area contributed by atoms with Crippen LogP contribution in [0.4, 0.5) is 0 Å². The normalized spacial score (nSPS) is 31.2. The van der Waals surface area contributed by atoms with E-state index in [1.807, 2.05) is 20.9 Å². The highest BCUT2D eigenvalue weighted by molar-refractivity contribution is 7.92. The van der Waals surface area contributed by atoms with E-state index in [0.717, 1.165) is 19.3 Å². The summed E-state index contributed by atoms with van der Waals surface area (Å²) in [6.07, 6.45) is 6.07. The topological polar surface area (TPSA) is 46.2 Å². The van der Waals surface area contributed by atoms with Crippen LogP contribution >= 0.6 is 0 Å². The summed E-state index contributed by atoms with van der Waals surface area (Å²) in [6, 6.07) is 0.150. The molecule has 0 aliphatic heterocycles. The van der Waals surface area contributed by atoms with Gasteiger partial charge in [-0.3, -0.25) is 0 Å². The summed E-state index contributed by atoms with van der Waals surface area (Å²) in [5.41, 5.74) is 0. The van der Waals surface area contributed by atoms with Crippen LogP contribution in [0.2, 0.25) is 0 Å². The fraction of sp³-hybridized carbons (Fsp3) is 1.00. The summed E-state index contributed by atoms with van der Waals surface area (Å²) < 4.78 is 25.2. The quantitative estimate of drug-likeness (QED) is 0.811. The van der Waals surface area contributed by atoms with Gasteiger partial charge in [-0.2, -0.15) is 0 Å². The highest BCUT2D eigenvalue weighted by atomic mass is 32.2. The van der Waals surface area contributed by atoms with Gasteiger partial charge in [-0.1, -0.05) is 26.7 Å². The van der Waals surface area contributed by atoms with E-state index in [-0.39, 0.29) is 16.5 Å². The maximum absolute atomic E-state index is 12.6. The Labute approximate surface area is 113 Å². The molecule has 0 aromatic heterocycles. The van der Waals surface area contributed by atoms with Crippen molar-refractivity contribution in [3.05, 3.63) is 0 Å². The van der Waals surface area contributed by atoms with E-state index in [2.05, 4.69) is 12.2 Å². The number of hydrogen-bond acceptors (Lipinski definition) is 3. The maximum atomic E-state index is 12.6. The number of rotatable bonds is 6. The third-order valence-corrected chi connectivity index (χ3v) is 7.35. The summed E-state index contributed by atoms with van der Waals surface area (Å²) >= 11 is 0. The zero-order valence-corrected chi connectivity index (χ0v) is 13.1. The van der Waals surface area contributed by atoms with Crippen molar-refractivity contribution in [1.82, 2.24) is 5.32 Å². The fourth-order valence-corrected chi connectivity index (χ4v) is 5.44. The minimum atomic E-state index is -2.99. The van der Waals surface area contributed by atoms with Crippen molar-refractivity contribution in [2.45, 2.75) is 75.8 Å². The average molecular weight is 275 g/mol. The molecule has 108 valence electrons. The smallest absolute Gasteiger partial charge is 0.157 e. The molecule has 1 rings (SSSR count). The van der Waals surface area contributed by atoms with Crippen molar-refractivity contribution in [3.8, 4) is 0 Å². The third-order valence-electron chi connectivity index (χ3n) is 4.53. The summed E-state index contributed by atoms with van der Waals surface area (Å²) in [5.74, 6) is 0.600. The zero-order chi connectivity index (χ0) is 13.8. The monoisotopic (exact) mass is 275 g/mol. The lowest BCUT2D eigenvalue weighted by Crippen LogP contribution is -2.49. The number of nitrogens with one attached hydrogen (secondary N) is 1. The molecule has 1 aliphatic rings. The second-order valence-corrected chi connectivity index (χ2v) is 8.30. The molecule has 0 amide bonds. The highest BCUT2D eigenvalue weighted by Crippen LogP contribution is 2.33. The van der Waals surface area contributed by atoms with E-state index in [9.17, 15) is 8.42 Å². The van der Waals surface area contributed by atoms with Gasteiger partial charge in [0.15, 0.2) is 9.84 Å². The first-order valence-corrected chi connectivity index (χ1v) is 8.98. The van der Waals surface area contributed by atoms with Gasteiger partial charge in [0, 0.05) is 6.04 Å². The van der Waals surface area contributed by atoms with Gasteiger partial charge in [0.05, 0.1) is 10.5 Å². The molecule has 1 saturated carbocycles. The average Bonchev–Trinajstić information content (AvgIpc) is 2.38. The summed E-state index contributed by atoms with van der Waals surface area (Å²) in [4.78, 5) is 0.